The number of rotatable bonds is 2. The molecule has 1 rings (SSSR count). The van der Waals surface area contributed by atoms with Gasteiger partial charge in [0.25, 0.3) is 0 Å². The van der Waals surface area contributed by atoms with Crippen LogP contribution in [0.2, 0.25) is 0 Å². The van der Waals surface area contributed by atoms with E-state index in [0.29, 0.717) is 0 Å². The van der Waals surface area contributed by atoms with E-state index in [0.717, 1.165) is 23.3 Å². The molecule has 2 heteroatoms. The van der Waals surface area contributed by atoms with Gasteiger partial charge in [-0.3, -0.25) is 4.21 Å². The molecule has 0 aliphatic carbocycles. The maximum absolute atomic E-state index is 10.9. The van der Waals surface area contributed by atoms with Crippen LogP contribution in [-0.2, 0) is 10.8 Å². The Labute approximate surface area is 65.7 Å². The van der Waals surface area contributed by atoms with Gasteiger partial charge in [-0.25, -0.2) is 0 Å². The molecule has 2 unspecified atom stereocenters. The Kier molecular flexibility index (Phi) is 2.90. The molecule has 0 spiro atoms. The molecule has 0 aromatic heterocycles. The van der Waals surface area contributed by atoms with Crippen LogP contribution in [0.5, 0.6) is 0 Å². The highest BCUT2D eigenvalue weighted by molar-refractivity contribution is 7.85. The summed E-state index contributed by atoms with van der Waals surface area (Å²) in [6.45, 7) is 4.47. The van der Waals surface area contributed by atoms with Crippen molar-refractivity contribution < 1.29 is 4.21 Å². The Hall–Kier alpha value is 0.150. The average Bonchev–Trinajstić information content (AvgIpc) is 2.13. The van der Waals surface area contributed by atoms with Crippen LogP contribution < -0.4 is 0 Å². The van der Waals surface area contributed by atoms with E-state index in [1.54, 1.807) is 0 Å². The third-order valence-electron chi connectivity index (χ3n) is 1.98. The standard InChI is InChI=1S/C8H16OS/c1-7(2)5-8-3-4-10(9)6-8/h7-8H,3-6H2,1-2H3. The van der Waals surface area contributed by atoms with Crippen molar-refractivity contribution in [1.29, 1.82) is 0 Å². The Morgan fingerprint density at radius 3 is 2.70 bits per heavy atom. The molecule has 0 saturated carbocycles. The zero-order valence-electron chi connectivity index (χ0n) is 6.80. The summed E-state index contributed by atoms with van der Waals surface area (Å²) < 4.78 is 10.9. The fraction of sp³-hybridized carbons (Fsp3) is 1.00. The molecule has 60 valence electrons. The minimum Gasteiger partial charge on any atom is -0.260 e. The molecule has 1 heterocycles. The number of hydrogen-bond acceptors (Lipinski definition) is 1. The molecule has 0 radical (unpaired) electrons. The summed E-state index contributed by atoms with van der Waals surface area (Å²) in [6.07, 6.45) is 2.47. The van der Waals surface area contributed by atoms with Crippen LogP contribution in [0.3, 0.4) is 0 Å². The van der Waals surface area contributed by atoms with Crippen molar-refractivity contribution in [3.05, 3.63) is 0 Å². The zero-order chi connectivity index (χ0) is 7.56. The predicted octanol–water partition coefficient (Wildman–Crippen LogP) is 1.80. The molecule has 1 saturated heterocycles. The summed E-state index contributed by atoms with van der Waals surface area (Å²) in [5, 5.41) is 0. The molecule has 1 aliphatic rings. The normalized spacial score (nSPS) is 33.5. The number of hydrogen-bond donors (Lipinski definition) is 0. The van der Waals surface area contributed by atoms with Crippen LogP contribution in [0.15, 0.2) is 0 Å². The van der Waals surface area contributed by atoms with Crippen molar-refractivity contribution in [2.45, 2.75) is 26.7 Å². The second-order valence-corrected chi connectivity index (χ2v) is 5.22. The highest BCUT2D eigenvalue weighted by Crippen LogP contribution is 2.22. The van der Waals surface area contributed by atoms with E-state index in [2.05, 4.69) is 13.8 Å². The SMILES string of the molecule is CC(C)CC1CCS(=O)C1. The minimum atomic E-state index is -0.469. The van der Waals surface area contributed by atoms with E-state index in [4.69, 9.17) is 0 Å². The molecule has 0 aromatic rings. The first-order valence-corrected chi connectivity index (χ1v) is 5.52. The van der Waals surface area contributed by atoms with Crippen molar-refractivity contribution in [3.63, 3.8) is 0 Å². The largest absolute Gasteiger partial charge is 0.260 e. The minimum absolute atomic E-state index is 0.469. The molecule has 2 atom stereocenters. The maximum Gasteiger partial charge on any atom is 0.0263 e. The van der Waals surface area contributed by atoms with Gasteiger partial charge in [0.15, 0.2) is 0 Å². The zero-order valence-corrected chi connectivity index (χ0v) is 7.62. The van der Waals surface area contributed by atoms with Crippen LogP contribution in [-0.4, -0.2) is 15.7 Å². The van der Waals surface area contributed by atoms with Crippen molar-refractivity contribution >= 4 is 10.8 Å². The molecular formula is C8H16OS. The Balaban J connectivity index is 2.24. The Bertz CT molecular complexity index is 131. The van der Waals surface area contributed by atoms with Crippen LogP contribution in [0.1, 0.15) is 26.7 Å². The Morgan fingerprint density at radius 1 is 1.60 bits per heavy atom. The van der Waals surface area contributed by atoms with Crippen LogP contribution >= 0.6 is 0 Å². The molecule has 10 heavy (non-hydrogen) atoms. The van der Waals surface area contributed by atoms with Crippen molar-refractivity contribution in [2.24, 2.45) is 11.8 Å². The van der Waals surface area contributed by atoms with Crippen molar-refractivity contribution in [2.75, 3.05) is 11.5 Å². The van der Waals surface area contributed by atoms with Gasteiger partial charge in [-0.15, -0.1) is 0 Å². The molecule has 0 N–H and O–H groups in total. The van der Waals surface area contributed by atoms with Gasteiger partial charge in [0.05, 0.1) is 0 Å². The summed E-state index contributed by atoms with van der Waals surface area (Å²) in [7, 11) is -0.469. The predicted molar refractivity (Wildman–Crippen MR) is 45.4 cm³/mol. The van der Waals surface area contributed by atoms with Gasteiger partial charge in [0, 0.05) is 22.3 Å². The molecular weight excluding hydrogens is 144 g/mol. The summed E-state index contributed by atoms with van der Waals surface area (Å²) in [6, 6.07) is 0. The van der Waals surface area contributed by atoms with Crippen LogP contribution in [0.25, 0.3) is 0 Å². The molecule has 0 amide bonds. The van der Waals surface area contributed by atoms with E-state index < -0.39 is 10.8 Å². The van der Waals surface area contributed by atoms with Crippen LogP contribution in [0.4, 0.5) is 0 Å². The van der Waals surface area contributed by atoms with Gasteiger partial charge in [-0.05, 0) is 24.7 Å². The van der Waals surface area contributed by atoms with Crippen LogP contribution in [0, 0.1) is 11.8 Å². The van der Waals surface area contributed by atoms with E-state index in [-0.39, 0.29) is 0 Å². The lowest BCUT2D eigenvalue weighted by Gasteiger charge is -2.09. The first-order chi connectivity index (χ1) is 4.68. The first kappa shape index (κ1) is 8.25. The lowest BCUT2D eigenvalue weighted by Crippen LogP contribution is -2.03. The fourth-order valence-electron chi connectivity index (χ4n) is 1.58. The quantitative estimate of drug-likeness (QED) is 0.602. The Morgan fingerprint density at radius 2 is 2.30 bits per heavy atom. The van der Waals surface area contributed by atoms with Gasteiger partial charge in [-0.1, -0.05) is 13.8 Å². The van der Waals surface area contributed by atoms with Crippen molar-refractivity contribution in [1.82, 2.24) is 0 Å². The molecule has 1 nitrogen and oxygen atoms in total. The first-order valence-electron chi connectivity index (χ1n) is 4.03. The molecule has 0 bridgehead atoms. The molecule has 1 fully saturated rings. The van der Waals surface area contributed by atoms with Gasteiger partial charge in [-0.2, -0.15) is 0 Å². The summed E-state index contributed by atoms with van der Waals surface area (Å²) in [4.78, 5) is 0. The van der Waals surface area contributed by atoms with E-state index in [1.807, 2.05) is 0 Å². The fourth-order valence-corrected chi connectivity index (χ4v) is 3.17. The monoisotopic (exact) mass is 160 g/mol. The molecule has 1 aliphatic heterocycles. The van der Waals surface area contributed by atoms with Gasteiger partial charge in [0.1, 0.15) is 0 Å². The highest BCUT2D eigenvalue weighted by Gasteiger charge is 2.21. The topological polar surface area (TPSA) is 17.1 Å². The smallest absolute Gasteiger partial charge is 0.0263 e. The van der Waals surface area contributed by atoms with Gasteiger partial charge in [0.2, 0.25) is 0 Å². The van der Waals surface area contributed by atoms with E-state index in [9.17, 15) is 4.21 Å². The third kappa shape index (κ3) is 2.41. The lowest BCUT2D eigenvalue weighted by molar-refractivity contribution is 0.447. The van der Waals surface area contributed by atoms with E-state index >= 15 is 0 Å². The van der Waals surface area contributed by atoms with Crippen molar-refractivity contribution in [3.8, 4) is 0 Å². The second-order valence-electron chi connectivity index (χ2n) is 3.59. The third-order valence-corrected chi connectivity index (χ3v) is 3.51. The second kappa shape index (κ2) is 3.51. The highest BCUT2D eigenvalue weighted by atomic mass is 32.2. The van der Waals surface area contributed by atoms with Gasteiger partial charge >= 0.3 is 0 Å². The maximum atomic E-state index is 10.9. The van der Waals surface area contributed by atoms with E-state index in [1.165, 1.54) is 12.8 Å². The average molecular weight is 160 g/mol. The summed E-state index contributed by atoms with van der Waals surface area (Å²) >= 11 is 0. The summed E-state index contributed by atoms with van der Waals surface area (Å²) in [5.74, 6) is 3.47. The summed E-state index contributed by atoms with van der Waals surface area (Å²) in [5.41, 5.74) is 0. The molecule has 0 aromatic carbocycles. The lowest BCUT2D eigenvalue weighted by atomic mass is 9.97. The van der Waals surface area contributed by atoms with Gasteiger partial charge < -0.3 is 0 Å².